The molecule has 0 saturated carbocycles. The van der Waals surface area contributed by atoms with E-state index in [1.54, 1.807) is 30.5 Å². The quantitative estimate of drug-likeness (QED) is 0.447. The van der Waals surface area contributed by atoms with Gasteiger partial charge in [0.05, 0.1) is 6.26 Å². The molecule has 1 unspecified atom stereocenters. The molecule has 4 aromatic rings. The fourth-order valence-electron chi connectivity index (χ4n) is 3.51. The zero-order valence-corrected chi connectivity index (χ0v) is 18.9. The molecule has 33 heavy (non-hydrogen) atoms. The minimum absolute atomic E-state index is 0.147. The Morgan fingerprint density at radius 3 is 2.67 bits per heavy atom. The zero-order chi connectivity index (χ0) is 23.5. The number of hydrogen-bond donors (Lipinski definition) is 1. The average Bonchev–Trinajstić information content (AvgIpc) is 3.33. The summed E-state index contributed by atoms with van der Waals surface area (Å²) >= 11 is 5.92. The molecule has 0 aliphatic carbocycles. The number of amides is 1. The van der Waals surface area contributed by atoms with Gasteiger partial charge in [-0.15, -0.1) is 0 Å². The predicted octanol–water partition coefficient (Wildman–Crippen LogP) is 2.54. The number of hydrogen-bond acceptors (Lipinski definition) is 6. The van der Waals surface area contributed by atoms with E-state index in [2.05, 4.69) is 15.3 Å². The number of benzene rings is 1. The maximum absolute atomic E-state index is 13.0. The maximum atomic E-state index is 13.0. The normalized spacial score (nSPS) is 12.1. The van der Waals surface area contributed by atoms with E-state index in [0.717, 1.165) is 10.3 Å². The van der Waals surface area contributed by atoms with Gasteiger partial charge in [-0.05, 0) is 49.7 Å². The summed E-state index contributed by atoms with van der Waals surface area (Å²) in [5, 5.41) is 3.54. The Bertz CT molecular complexity index is 1410. The Balaban J connectivity index is 1.56. The Hall–Kier alpha value is -3.72. The number of aromatic nitrogens is 4. The monoisotopic (exact) mass is 467 g/mol. The van der Waals surface area contributed by atoms with Gasteiger partial charge in [0.2, 0.25) is 5.91 Å². The first-order chi connectivity index (χ1) is 15.8. The summed E-state index contributed by atoms with van der Waals surface area (Å²) in [4.78, 5) is 47.0. The van der Waals surface area contributed by atoms with E-state index < -0.39 is 23.7 Å². The average molecular weight is 468 g/mol. The molecule has 0 bridgehead atoms. The standard InChI is InChI=1S/C23H22ClN5O4/c1-14(5-10-17-4-3-11-33-17)26-19(30)13-29-22(31)18-12-25-20(15-6-8-16(24)9-7-15)27-21(18)28(2)23(29)32/h3-4,6-9,11-12,14H,5,10,13H2,1-2H3,(H,26,30). The van der Waals surface area contributed by atoms with Crippen LogP contribution in [0.4, 0.5) is 0 Å². The fourth-order valence-corrected chi connectivity index (χ4v) is 3.64. The van der Waals surface area contributed by atoms with Crippen molar-refractivity contribution in [3.05, 3.63) is 80.5 Å². The van der Waals surface area contributed by atoms with Crippen molar-refractivity contribution in [3.63, 3.8) is 0 Å². The lowest BCUT2D eigenvalue weighted by molar-refractivity contribution is -0.122. The molecule has 1 aromatic carbocycles. The fraction of sp³-hybridized carbons (Fsp3) is 0.261. The third-order valence-electron chi connectivity index (χ3n) is 5.30. The highest BCUT2D eigenvalue weighted by atomic mass is 35.5. The van der Waals surface area contributed by atoms with E-state index in [-0.39, 0.29) is 17.1 Å². The van der Waals surface area contributed by atoms with Gasteiger partial charge in [-0.2, -0.15) is 0 Å². The molecule has 1 atom stereocenters. The van der Waals surface area contributed by atoms with Gasteiger partial charge < -0.3 is 9.73 Å². The molecule has 0 spiro atoms. The molecule has 9 nitrogen and oxygen atoms in total. The van der Waals surface area contributed by atoms with Crippen LogP contribution in [0.3, 0.4) is 0 Å². The summed E-state index contributed by atoms with van der Waals surface area (Å²) in [6, 6.07) is 10.4. The third kappa shape index (κ3) is 4.88. The van der Waals surface area contributed by atoms with Crippen molar-refractivity contribution >= 4 is 28.5 Å². The van der Waals surface area contributed by atoms with Gasteiger partial charge in [0.15, 0.2) is 11.5 Å². The summed E-state index contributed by atoms with van der Waals surface area (Å²) < 4.78 is 7.42. The number of carbonyl (C=O) groups is 1. The van der Waals surface area contributed by atoms with Gasteiger partial charge in [0, 0.05) is 36.3 Å². The second-order valence-electron chi connectivity index (χ2n) is 7.76. The van der Waals surface area contributed by atoms with Crippen LogP contribution in [0.15, 0.2) is 62.9 Å². The van der Waals surface area contributed by atoms with E-state index in [9.17, 15) is 14.4 Å². The smallest absolute Gasteiger partial charge is 0.332 e. The van der Waals surface area contributed by atoms with Crippen LogP contribution in [0.2, 0.25) is 5.02 Å². The first-order valence-electron chi connectivity index (χ1n) is 10.4. The first-order valence-corrected chi connectivity index (χ1v) is 10.8. The lowest BCUT2D eigenvalue weighted by Crippen LogP contribution is -2.45. The number of nitrogens with one attached hydrogen (secondary N) is 1. The minimum atomic E-state index is -0.633. The zero-order valence-electron chi connectivity index (χ0n) is 18.1. The summed E-state index contributed by atoms with van der Waals surface area (Å²) in [7, 11) is 1.50. The van der Waals surface area contributed by atoms with Crippen LogP contribution < -0.4 is 16.6 Å². The SMILES string of the molecule is CC(CCc1ccco1)NC(=O)Cn1c(=O)c2cnc(-c3ccc(Cl)cc3)nc2n(C)c1=O. The molecule has 0 fully saturated rings. The molecule has 10 heteroatoms. The summed E-state index contributed by atoms with van der Waals surface area (Å²) in [6.45, 7) is 1.46. The van der Waals surface area contributed by atoms with Crippen molar-refractivity contribution in [2.24, 2.45) is 7.05 Å². The third-order valence-corrected chi connectivity index (χ3v) is 5.55. The second-order valence-corrected chi connectivity index (χ2v) is 8.19. The van der Waals surface area contributed by atoms with Crippen LogP contribution in [0.1, 0.15) is 19.1 Å². The van der Waals surface area contributed by atoms with Crippen molar-refractivity contribution in [2.45, 2.75) is 32.4 Å². The first kappa shape index (κ1) is 22.5. The van der Waals surface area contributed by atoms with Gasteiger partial charge in [-0.25, -0.2) is 14.8 Å². The van der Waals surface area contributed by atoms with Gasteiger partial charge in [0.25, 0.3) is 5.56 Å². The van der Waals surface area contributed by atoms with Crippen LogP contribution in [0.25, 0.3) is 22.4 Å². The summed E-state index contributed by atoms with van der Waals surface area (Å²) in [5.41, 5.74) is -0.366. The number of furan rings is 1. The van der Waals surface area contributed by atoms with E-state index in [0.29, 0.717) is 29.3 Å². The van der Waals surface area contributed by atoms with Gasteiger partial charge in [-0.1, -0.05) is 11.6 Å². The predicted molar refractivity (Wildman–Crippen MR) is 124 cm³/mol. The molecule has 3 heterocycles. The Morgan fingerprint density at radius 2 is 1.97 bits per heavy atom. The van der Waals surface area contributed by atoms with Gasteiger partial charge >= 0.3 is 5.69 Å². The van der Waals surface area contributed by atoms with Gasteiger partial charge in [-0.3, -0.25) is 18.7 Å². The number of carbonyl (C=O) groups excluding carboxylic acids is 1. The topological polar surface area (TPSA) is 112 Å². The molecule has 170 valence electrons. The highest BCUT2D eigenvalue weighted by Crippen LogP contribution is 2.19. The lowest BCUT2D eigenvalue weighted by atomic mass is 10.1. The number of nitrogens with zero attached hydrogens (tertiary/aromatic N) is 4. The lowest BCUT2D eigenvalue weighted by Gasteiger charge is -2.15. The highest BCUT2D eigenvalue weighted by molar-refractivity contribution is 6.30. The number of fused-ring (bicyclic) bond motifs is 1. The number of rotatable bonds is 7. The number of halogens is 1. The summed E-state index contributed by atoms with van der Waals surface area (Å²) in [5.74, 6) is 0.752. The molecular formula is C23H22ClN5O4. The summed E-state index contributed by atoms with van der Waals surface area (Å²) in [6.07, 6.45) is 4.29. The Labute approximate surface area is 193 Å². The molecule has 3 aromatic heterocycles. The van der Waals surface area contributed by atoms with Crippen LogP contribution in [-0.4, -0.2) is 31.1 Å². The Morgan fingerprint density at radius 1 is 1.21 bits per heavy atom. The van der Waals surface area contributed by atoms with Gasteiger partial charge in [0.1, 0.15) is 17.7 Å². The van der Waals surface area contributed by atoms with Crippen LogP contribution in [0, 0.1) is 0 Å². The van der Waals surface area contributed by atoms with Crippen molar-refractivity contribution < 1.29 is 9.21 Å². The molecule has 0 saturated heterocycles. The molecule has 4 rings (SSSR count). The highest BCUT2D eigenvalue weighted by Gasteiger charge is 2.17. The van der Waals surface area contributed by atoms with Crippen molar-refractivity contribution in [2.75, 3.05) is 0 Å². The van der Waals surface area contributed by atoms with Crippen LogP contribution >= 0.6 is 11.6 Å². The number of aryl methyl sites for hydroxylation is 2. The van der Waals surface area contributed by atoms with Crippen molar-refractivity contribution in [1.29, 1.82) is 0 Å². The van der Waals surface area contributed by atoms with Crippen molar-refractivity contribution in [1.82, 2.24) is 24.4 Å². The molecule has 1 N–H and O–H groups in total. The second kappa shape index (κ2) is 9.41. The largest absolute Gasteiger partial charge is 0.469 e. The van der Waals surface area contributed by atoms with Crippen molar-refractivity contribution in [3.8, 4) is 11.4 Å². The molecule has 0 aliphatic rings. The molecular weight excluding hydrogens is 446 g/mol. The Kier molecular flexibility index (Phi) is 6.41. The maximum Gasteiger partial charge on any atom is 0.332 e. The molecule has 1 amide bonds. The molecule has 0 aliphatic heterocycles. The van der Waals surface area contributed by atoms with Crippen LogP contribution in [-0.2, 0) is 24.8 Å². The van der Waals surface area contributed by atoms with E-state index >= 15 is 0 Å². The van der Waals surface area contributed by atoms with Crippen LogP contribution in [0.5, 0.6) is 0 Å². The van der Waals surface area contributed by atoms with E-state index in [1.165, 1.54) is 17.8 Å². The van der Waals surface area contributed by atoms with E-state index in [1.807, 2.05) is 19.1 Å². The molecule has 0 radical (unpaired) electrons. The van der Waals surface area contributed by atoms with E-state index in [4.69, 9.17) is 16.0 Å². The minimum Gasteiger partial charge on any atom is -0.469 e.